The van der Waals surface area contributed by atoms with Crippen LogP contribution in [0.5, 0.6) is 0 Å². The minimum Gasteiger partial charge on any atom is -0.341 e. The van der Waals surface area contributed by atoms with Crippen LogP contribution in [-0.4, -0.2) is 72.5 Å². The lowest BCUT2D eigenvalue weighted by molar-refractivity contribution is 0.140. The van der Waals surface area contributed by atoms with E-state index in [1.165, 1.54) is 5.56 Å². The number of nitrogens with one attached hydrogen (secondary N) is 1. The molecule has 0 amide bonds. The summed E-state index contributed by atoms with van der Waals surface area (Å²) in [4.78, 5) is 16.8. The van der Waals surface area contributed by atoms with Gasteiger partial charge in [0.05, 0.1) is 6.54 Å². The Balaban J connectivity index is 1.71. The second-order valence-corrected chi connectivity index (χ2v) is 7.91. The molecule has 30 heavy (non-hydrogen) atoms. The molecule has 158 valence electrons. The third kappa shape index (κ3) is 4.35. The van der Waals surface area contributed by atoms with Gasteiger partial charge in [0.25, 0.3) is 0 Å². The number of benzene rings is 1. The summed E-state index contributed by atoms with van der Waals surface area (Å²) in [5.74, 6) is 7.24. The summed E-state index contributed by atoms with van der Waals surface area (Å²) in [6.45, 7) is 7.25. The highest BCUT2D eigenvalue weighted by molar-refractivity contribution is 5.36. The Hall–Kier alpha value is -2.82. The van der Waals surface area contributed by atoms with Gasteiger partial charge in [-0.2, -0.15) is 4.98 Å². The third-order valence-electron chi connectivity index (χ3n) is 5.57. The number of hydrogen-bond acceptors (Lipinski definition) is 6. The van der Waals surface area contributed by atoms with Crippen molar-refractivity contribution in [3.05, 3.63) is 46.7 Å². The van der Waals surface area contributed by atoms with Gasteiger partial charge in [0, 0.05) is 38.9 Å². The van der Waals surface area contributed by atoms with Crippen LogP contribution in [0.25, 0.3) is 6.20 Å². The zero-order valence-electron chi connectivity index (χ0n) is 18.2. The molecule has 0 saturated carbocycles. The van der Waals surface area contributed by atoms with Gasteiger partial charge in [-0.25, -0.2) is 4.99 Å². The fourth-order valence-corrected chi connectivity index (χ4v) is 3.99. The lowest BCUT2D eigenvalue weighted by Gasteiger charge is -2.33. The first-order valence-corrected chi connectivity index (χ1v) is 10.6. The van der Waals surface area contributed by atoms with Gasteiger partial charge >= 0.3 is 0 Å². The number of imidazole rings is 1. The van der Waals surface area contributed by atoms with Gasteiger partial charge in [-0.15, -0.1) is 5.92 Å². The highest BCUT2D eigenvalue weighted by atomic mass is 15.4. The summed E-state index contributed by atoms with van der Waals surface area (Å²) in [6.07, 6.45) is 3.14. The predicted molar refractivity (Wildman–Crippen MR) is 120 cm³/mol. The SMILES string of the molecule is CC#CCn1c(N2CCNCC2)nc2c1=CN(CCc1ccccc1)C(N(C)C)N=2. The lowest BCUT2D eigenvalue weighted by atomic mass is 10.1. The van der Waals surface area contributed by atoms with Crippen LogP contribution in [0.2, 0.25) is 0 Å². The summed E-state index contributed by atoms with van der Waals surface area (Å²) in [5, 5.41) is 4.47. The number of aromatic nitrogens is 2. The molecular formula is C23H31N7. The summed E-state index contributed by atoms with van der Waals surface area (Å²) >= 11 is 0. The largest absolute Gasteiger partial charge is 0.341 e. The van der Waals surface area contributed by atoms with E-state index in [1.807, 2.05) is 6.92 Å². The summed E-state index contributed by atoms with van der Waals surface area (Å²) < 4.78 is 2.22. The molecule has 1 N–H and O–H groups in total. The zero-order valence-corrected chi connectivity index (χ0v) is 18.2. The quantitative estimate of drug-likeness (QED) is 0.690. The molecule has 4 rings (SSSR count). The fourth-order valence-electron chi connectivity index (χ4n) is 3.99. The first-order chi connectivity index (χ1) is 14.7. The number of piperazine rings is 1. The Morgan fingerprint density at radius 2 is 1.93 bits per heavy atom. The van der Waals surface area contributed by atoms with Gasteiger partial charge in [-0.3, -0.25) is 9.47 Å². The molecule has 2 aromatic rings. The van der Waals surface area contributed by atoms with Crippen molar-refractivity contribution in [2.75, 3.05) is 51.7 Å². The smallest absolute Gasteiger partial charge is 0.209 e. The molecule has 1 saturated heterocycles. The minimum absolute atomic E-state index is 0.0577. The molecule has 2 aliphatic heterocycles. The number of anilines is 1. The van der Waals surface area contributed by atoms with Crippen LogP contribution in [0.15, 0.2) is 35.3 Å². The van der Waals surface area contributed by atoms with Crippen molar-refractivity contribution in [3.63, 3.8) is 0 Å². The third-order valence-corrected chi connectivity index (χ3v) is 5.57. The van der Waals surface area contributed by atoms with Gasteiger partial charge in [-0.1, -0.05) is 36.3 Å². The first-order valence-electron chi connectivity index (χ1n) is 10.6. The monoisotopic (exact) mass is 405 g/mol. The summed E-state index contributed by atoms with van der Waals surface area (Å²) in [5.41, 5.74) is 2.15. The van der Waals surface area contributed by atoms with E-state index in [2.05, 4.69) is 87.1 Å². The highest BCUT2D eigenvalue weighted by Gasteiger charge is 2.24. The Bertz CT molecular complexity index is 1020. The van der Waals surface area contributed by atoms with E-state index in [0.29, 0.717) is 6.54 Å². The standard InChI is InChI=1S/C23H31N7/c1-4-5-14-30-20-18-29(15-11-19-9-7-6-8-10-19)22(27(2)3)25-21(20)26-23(30)28-16-12-24-13-17-28/h6-10,18,22,24H,11-17H2,1-3H3. The van der Waals surface area contributed by atoms with E-state index < -0.39 is 0 Å². The molecule has 0 spiro atoms. The topological polar surface area (TPSA) is 51.9 Å². The van der Waals surface area contributed by atoms with Gasteiger partial charge in [0.15, 0.2) is 11.8 Å². The molecule has 1 unspecified atom stereocenters. The van der Waals surface area contributed by atoms with Gasteiger partial charge in [-0.05, 0) is 33.0 Å². The fraction of sp³-hybridized carbons (Fsp3) is 0.478. The van der Waals surface area contributed by atoms with Gasteiger partial charge < -0.3 is 15.1 Å². The van der Waals surface area contributed by atoms with Gasteiger partial charge in [0.2, 0.25) is 5.95 Å². The van der Waals surface area contributed by atoms with E-state index in [4.69, 9.17) is 9.98 Å². The van der Waals surface area contributed by atoms with Crippen LogP contribution in [0, 0.1) is 11.8 Å². The molecule has 0 aliphatic carbocycles. The van der Waals surface area contributed by atoms with Crippen LogP contribution in [0.1, 0.15) is 12.5 Å². The second-order valence-electron chi connectivity index (χ2n) is 7.91. The summed E-state index contributed by atoms with van der Waals surface area (Å²) in [7, 11) is 4.14. The van der Waals surface area contributed by atoms with Crippen molar-refractivity contribution in [3.8, 4) is 11.8 Å². The van der Waals surface area contributed by atoms with Crippen molar-refractivity contribution in [1.82, 2.24) is 24.7 Å². The first kappa shape index (κ1) is 20.5. The van der Waals surface area contributed by atoms with Crippen molar-refractivity contribution >= 4 is 12.1 Å². The molecule has 0 bridgehead atoms. The molecule has 1 aromatic carbocycles. The molecule has 3 heterocycles. The minimum atomic E-state index is -0.0577. The molecule has 1 aromatic heterocycles. The van der Waals surface area contributed by atoms with Crippen molar-refractivity contribution in [2.24, 2.45) is 4.99 Å². The van der Waals surface area contributed by atoms with E-state index in [9.17, 15) is 0 Å². The van der Waals surface area contributed by atoms with Crippen LogP contribution in [-0.2, 0) is 13.0 Å². The normalized spacial score (nSPS) is 18.3. The Morgan fingerprint density at radius 1 is 1.17 bits per heavy atom. The lowest BCUT2D eigenvalue weighted by Crippen LogP contribution is -2.50. The molecule has 0 radical (unpaired) electrons. The molecule has 1 fully saturated rings. The maximum absolute atomic E-state index is 5.02. The Kier molecular flexibility index (Phi) is 6.36. The average Bonchev–Trinajstić information content (AvgIpc) is 3.14. The summed E-state index contributed by atoms with van der Waals surface area (Å²) in [6, 6.07) is 10.6. The molecule has 1 atom stereocenters. The maximum Gasteiger partial charge on any atom is 0.209 e. The number of nitrogens with zero attached hydrogens (tertiary/aromatic N) is 6. The number of rotatable bonds is 6. The zero-order chi connectivity index (χ0) is 20.9. The Morgan fingerprint density at radius 3 is 2.63 bits per heavy atom. The van der Waals surface area contributed by atoms with Crippen LogP contribution in [0.4, 0.5) is 5.95 Å². The van der Waals surface area contributed by atoms with Crippen LogP contribution in [0.3, 0.4) is 0 Å². The predicted octanol–water partition coefficient (Wildman–Crippen LogP) is 0.0771. The van der Waals surface area contributed by atoms with E-state index >= 15 is 0 Å². The second kappa shape index (κ2) is 9.33. The van der Waals surface area contributed by atoms with Gasteiger partial charge in [0.1, 0.15) is 5.35 Å². The van der Waals surface area contributed by atoms with Crippen molar-refractivity contribution in [2.45, 2.75) is 26.2 Å². The molecule has 7 heteroatoms. The van der Waals surface area contributed by atoms with Crippen molar-refractivity contribution < 1.29 is 0 Å². The number of hydrogen-bond donors (Lipinski definition) is 1. The molecule has 2 aliphatic rings. The van der Waals surface area contributed by atoms with Crippen LogP contribution >= 0.6 is 0 Å². The molecule has 7 nitrogen and oxygen atoms in total. The number of fused-ring (bicyclic) bond motifs is 1. The van der Waals surface area contributed by atoms with E-state index in [-0.39, 0.29) is 6.29 Å². The van der Waals surface area contributed by atoms with Crippen LogP contribution < -0.4 is 21.1 Å². The molecular weight excluding hydrogens is 374 g/mol. The Labute approximate surface area is 178 Å². The van der Waals surface area contributed by atoms with E-state index in [1.54, 1.807) is 0 Å². The van der Waals surface area contributed by atoms with Crippen molar-refractivity contribution in [1.29, 1.82) is 0 Å². The maximum atomic E-state index is 5.02. The highest BCUT2D eigenvalue weighted by Crippen LogP contribution is 2.13. The van der Waals surface area contributed by atoms with E-state index in [0.717, 1.165) is 55.9 Å². The average molecular weight is 406 g/mol.